The molecule has 3 heteroatoms. The van der Waals surface area contributed by atoms with Gasteiger partial charge in [-0.25, -0.2) is 4.39 Å². The Morgan fingerprint density at radius 2 is 1.73 bits per heavy atom. The molecule has 144 valence electrons. The molecule has 0 aromatic heterocycles. The maximum absolute atomic E-state index is 14.5. The molecular weight excluding hydrogens is 330 g/mol. The second kappa shape index (κ2) is 9.01. The Hall–Kier alpha value is -1.38. The number of rotatable bonds is 6. The van der Waals surface area contributed by atoms with Crippen molar-refractivity contribution in [3.63, 3.8) is 0 Å². The van der Waals surface area contributed by atoms with Gasteiger partial charge in [-0.2, -0.15) is 4.39 Å². The van der Waals surface area contributed by atoms with Gasteiger partial charge < -0.3 is 4.74 Å². The molecular formula is C23H32F2O. The third-order valence-electron chi connectivity index (χ3n) is 6.44. The molecule has 2 aliphatic rings. The van der Waals surface area contributed by atoms with E-state index in [1.165, 1.54) is 32.1 Å². The van der Waals surface area contributed by atoms with Crippen LogP contribution in [0.2, 0.25) is 0 Å². The van der Waals surface area contributed by atoms with Gasteiger partial charge in [-0.05, 0) is 74.0 Å². The monoisotopic (exact) mass is 362 g/mol. The Kier molecular flexibility index (Phi) is 6.72. The summed E-state index contributed by atoms with van der Waals surface area (Å²) in [5.74, 6) is 0.878. The standard InChI is InChI=1S/C23H32F2O/c1-3-15-26-21-14-13-20(22(24)23(21)25)19-11-9-18(10-12-19)17-7-5-16(4-2)6-8-17/h11,13-14,16-18H,3-10,12,15H2,1-2H3. The Morgan fingerprint density at radius 3 is 2.35 bits per heavy atom. The fourth-order valence-corrected chi connectivity index (χ4v) is 4.70. The highest BCUT2D eigenvalue weighted by molar-refractivity contribution is 5.67. The quantitative estimate of drug-likeness (QED) is 0.522. The van der Waals surface area contributed by atoms with Crippen LogP contribution in [0.1, 0.15) is 77.2 Å². The van der Waals surface area contributed by atoms with Gasteiger partial charge in [0.1, 0.15) is 0 Å². The lowest BCUT2D eigenvalue weighted by Gasteiger charge is -2.35. The van der Waals surface area contributed by atoms with E-state index in [0.717, 1.165) is 49.0 Å². The fourth-order valence-electron chi connectivity index (χ4n) is 4.70. The molecule has 1 aromatic rings. The summed E-state index contributed by atoms with van der Waals surface area (Å²) < 4.78 is 34.1. The van der Waals surface area contributed by atoms with Crippen LogP contribution in [0, 0.1) is 29.4 Å². The lowest BCUT2D eigenvalue weighted by molar-refractivity contribution is 0.192. The number of hydrogen-bond acceptors (Lipinski definition) is 1. The summed E-state index contributed by atoms with van der Waals surface area (Å²) in [5.41, 5.74) is 1.38. The highest BCUT2D eigenvalue weighted by Crippen LogP contribution is 2.42. The number of halogens is 2. The fraction of sp³-hybridized carbons (Fsp3) is 0.652. The first-order chi connectivity index (χ1) is 12.6. The van der Waals surface area contributed by atoms with Gasteiger partial charge in [-0.3, -0.25) is 0 Å². The number of hydrogen-bond donors (Lipinski definition) is 0. The number of benzene rings is 1. The largest absolute Gasteiger partial charge is 0.490 e. The maximum Gasteiger partial charge on any atom is 0.201 e. The van der Waals surface area contributed by atoms with Crippen molar-refractivity contribution in [2.75, 3.05) is 6.61 Å². The zero-order valence-corrected chi connectivity index (χ0v) is 16.2. The highest BCUT2D eigenvalue weighted by Gasteiger charge is 2.29. The number of ether oxygens (including phenoxy) is 1. The summed E-state index contributed by atoms with van der Waals surface area (Å²) >= 11 is 0. The van der Waals surface area contributed by atoms with Crippen molar-refractivity contribution < 1.29 is 13.5 Å². The molecule has 0 bridgehead atoms. The summed E-state index contributed by atoms with van der Waals surface area (Å²) in [6.07, 6.45) is 12.6. The van der Waals surface area contributed by atoms with Crippen molar-refractivity contribution in [2.45, 2.75) is 71.6 Å². The topological polar surface area (TPSA) is 9.23 Å². The molecule has 3 rings (SSSR count). The maximum atomic E-state index is 14.5. The van der Waals surface area contributed by atoms with E-state index >= 15 is 0 Å². The van der Waals surface area contributed by atoms with E-state index < -0.39 is 11.6 Å². The molecule has 26 heavy (non-hydrogen) atoms. The van der Waals surface area contributed by atoms with E-state index in [9.17, 15) is 8.78 Å². The summed E-state index contributed by atoms with van der Waals surface area (Å²) in [4.78, 5) is 0. The lowest BCUT2D eigenvalue weighted by atomic mass is 9.70. The van der Waals surface area contributed by atoms with Crippen molar-refractivity contribution in [2.24, 2.45) is 17.8 Å². The van der Waals surface area contributed by atoms with Crippen molar-refractivity contribution >= 4 is 5.57 Å². The molecule has 0 saturated heterocycles. The molecule has 0 heterocycles. The van der Waals surface area contributed by atoms with Gasteiger partial charge in [0.2, 0.25) is 5.82 Å². The van der Waals surface area contributed by atoms with Crippen LogP contribution in [0.4, 0.5) is 8.78 Å². The minimum atomic E-state index is -0.850. The molecule has 1 fully saturated rings. The lowest BCUT2D eigenvalue weighted by Crippen LogP contribution is -2.23. The summed E-state index contributed by atoms with van der Waals surface area (Å²) in [6, 6.07) is 3.25. The van der Waals surface area contributed by atoms with E-state index in [4.69, 9.17) is 4.74 Å². The summed E-state index contributed by atoms with van der Waals surface area (Å²) in [7, 11) is 0. The predicted octanol–water partition coefficient (Wildman–Crippen LogP) is 7.15. The molecule has 1 saturated carbocycles. The van der Waals surface area contributed by atoms with Gasteiger partial charge in [-0.1, -0.05) is 39.2 Å². The molecule has 0 radical (unpaired) electrons. The van der Waals surface area contributed by atoms with Crippen LogP contribution in [0.15, 0.2) is 18.2 Å². The molecule has 1 unspecified atom stereocenters. The van der Waals surface area contributed by atoms with Crippen molar-refractivity contribution in [3.05, 3.63) is 35.4 Å². The van der Waals surface area contributed by atoms with Gasteiger partial charge in [-0.15, -0.1) is 0 Å². The SMILES string of the molecule is CCCOc1ccc(C2=CCC(C3CCC(CC)CC3)CC2)c(F)c1F. The van der Waals surface area contributed by atoms with Gasteiger partial charge in [0.25, 0.3) is 0 Å². The first-order valence-corrected chi connectivity index (χ1v) is 10.4. The van der Waals surface area contributed by atoms with E-state index in [1.54, 1.807) is 12.1 Å². The van der Waals surface area contributed by atoms with Crippen LogP contribution in [0.5, 0.6) is 5.75 Å². The van der Waals surface area contributed by atoms with Crippen LogP contribution in [-0.4, -0.2) is 6.61 Å². The van der Waals surface area contributed by atoms with Crippen LogP contribution < -0.4 is 4.74 Å². The van der Waals surface area contributed by atoms with Crippen molar-refractivity contribution in [1.29, 1.82) is 0 Å². The minimum absolute atomic E-state index is 0.0232. The van der Waals surface area contributed by atoms with E-state index in [-0.39, 0.29) is 5.75 Å². The summed E-state index contributed by atoms with van der Waals surface area (Å²) in [5, 5.41) is 0. The van der Waals surface area contributed by atoms with Crippen molar-refractivity contribution in [1.82, 2.24) is 0 Å². The van der Waals surface area contributed by atoms with E-state index in [0.29, 0.717) is 12.2 Å². The van der Waals surface area contributed by atoms with Crippen LogP contribution in [-0.2, 0) is 0 Å². The average molecular weight is 363 g/mol. The zero-order chi connectivity index (χ0) is 18.5. The van der Waals surface area contributed by atoms with Crippen LogP contribution in [0.25, 0.3) is 5.57 Å². The molecule has 0 amide bonds. The number of allylic oxidation sites excluding steroid dienone is 2. The highest BCUT2D eigenvalue weighted by atomic mass is 19.2. The normalized spacial score (nSPS) is 26.5. The van der Waals surface area contributed by atoms with E-state index in [2.05, 4.69) is 13.0 Å². The Bertz CT molecular complexity index is 629. The van der Waals surface area contributed by atoms with Crippen LogP contribution >= 0.6 is 0 Å². The Labute approximate surface area is 156 Å². The van der Waals surface area contributed by atoms with Crippen LogP contribution in [0.3, 0.4) is 0 Å². The van der Waals surface area contributed by atoms with Crippen molar-refractivity contribution in [3.8, 4) is 5.75 Å². The average Bonchev–Trinajstić information content (AvgIpc) is 2.69. The smallest absolute Gasteiger partial charge is 0.201 e. The first-order valence-electron chi connectivity index (χ1n) is 10.4. The first kappa shape index (κ1) is 19.4. The minimum Gasteiger partial charge on any atom is -0.490 e. The predicted molar refractivity (Wildman–Crippen MR) is 103 cm³/mol. The molecule has 2 aliphatic carbocycles. The summed E-state index contributed by atoms with van der Waals surface area (Å²) in [6.45, 7) is 4.65. The van der Waals surface area contributed by atoms with Gasteiger partial charge in [0.15, 0.2) is 11.6 Å². The molecule has 1 atom stereocenters. The third-order valence-corrected chi connectivity index (χ3v) is 6.44. The molecule has 1 nitrogen and oxygen atoms in total. The van der Waals surface area contributed by atoms with Gasteiger partial charge in [0, 0.05) is 5.56 Å². The zero-order valence-electron chi connectivity index (χ0n) is 16.2. The second-order valence-electron chi connectivity index (χ2n) is 8.04. The molecule has 0 aliphatic heterocycles. The van der Waals surface area contributed by atoms with E-state index in [1.807, 2.05) is 6.92 Å². The molecule has 1 aromatic carbocycles. The second-order valence-corrected chi connectivity index (χ2v) is 8.04. The molecule has 0 spiro atoms. The molecule has 0 N–H and O–H groups in total. The Balaban J connectivity index is 1.65. The van der Waals surface area contributed by atoms with Gasteiger partial charge >= 0.3 is 0 Å². The third kappa shape index (κ3) is 4.29. The van der Waals surface area contributed by atoms with Gasteiger partial charge in [0.05, 0.1) is 6.61 Å². The Morgan fingerprint density at radius 1 is 0.962 bits per heavy atom.